The van der Waals surface area contributed by atoms with E-state index in [9.17, 15) is 4.79 Å². The third-order valence-corrected chi connectivity index (χ3v) is 3.81. The number of thiophene rings is 1. The Morgan fingerprint density at radius 2 is 2.00 bits per heavy atom. The van der Waals surface area contributed by atoms with E-state index < -0.39 is 0 Å². The lowest BCUT2D eigenvalue weighted by Gasteiger charge is -2.11. The van der Waals surface area contributed by atoms with Gasteiger partial charge < -0.3 is 10.6 Å². The second kappa shape index (κ2) is 5.89. The SMILES string of the molecule is CC(=O)Nc1ccc(C)c(NCc2ccc(C)s2)c1. The molecule has 2 N–H and O–H groups in total. The van der Waals surface area contributed by atoms with Crippen molar-refractivity contribution in [3.8, 4) is 0 Å². The van der Waals surface area contributed by atoms with Crippen molar-refractivity contribution >= 4 is 28.6 Å². The highest BCUT2D eigenvalue weighted by atomic mass is 32.1. The van der Waals surface area contributed by atoms with Crippen LogP contribution in [-0.2, 0) is 11.3 Å². The van der Waals surface area contributed by atoms with Gasteiger partial charge in [0.1, 0.15) is 0 Å². The first-order chi connectivity index (χ1) is 9.04. The van der Waals surface area contributed by atoms with Crippen molar-refractivity contribution in [1.29, 1.82) is 0 Å². The number of amides is 1. The van der Waals surface area contributed by atoms with Crippen LogP contribution in [0.15, 0.2) is 30.3 Å². The third-order valence-electron chi connectivity index (χ3n) is 2.81. The first-order valence-electron chi connectivity index (χ1n) is 6.22. The first kappa shape index (κ1) is 13.6. The lowest BCUT2D eigenvalue weighted by molar-refractivity contribution is -0.114. The van der Waals surface area contributed by atoms with E-state index >= 15 is 0 Å². The molecule has 0 saturated heterocycles. The van der Waals surface area contributed by atoms with Crippen molar-refractivity contribution < 1.29 is 4.79 Å². The summed E-state index contributed by atoms with van der Waals surface area (Å²) in [7, 11) is 0. The fourth-order valence-electron chi connectivity index (χ4n) is 1.86. The van der Waals surface area contributed by atoms with E-state index in [1.54, 1.807) is 11.3 Å². The molecule has 0 atom stereocenters. The van der Waals surface area contributed by atoms with Gasteiger partial charge in [-0.2, -0.15) is 0 Å². The van der Waals surface area contributed by atoms with Crippen LogP contribution in [0.25, 0.3) is 0 Å². The highest BCUT2D eigenvalue weighted by molar-refractivity contribution is 7.11. The monoisotopic (exact) mass is 274 g/mol. The van der Waals surface area contributed by atoms with E-state index in [0.29, 0.717) is 0 Å². The molecular weight excluding hydrogens is 256 g/mol. The number of aryl methyl sites for hydroxylation is 2. The molecule has 0 unspecified atom stereocenters. The molecule has 1 aromatic heterocycles. The van der Waals surface area contributed by atoms with Crippen LogP contribution in [0.5, 0.6) is 0 Å². The van der Waals surface area contributed by atoms with Gasteiger partial charge in [-0.3, -0.25) is 4.79 Å². The van der Waals surface area contributed by atoms with Gasteiger partial charge in [-0.15, -0.1) is 11.3 Å². The zero-order valence-corrected chi connectivity index (χ0v) is 12.2. The van der Waals surface area contributed by atoms with Gasteiger partial charge in [-0.1, -0.05) is 6.07 Å². The maximum absolute atomic E-state index is 11.1. The number of carbonyl (C=O) groups excluding carboxylic acids is 1. The molecule has 0 radical (unpaired) electrons. The minimum atomic E-state index is -0.0521. The summed E-state index contributed by atoms with van der Waals surface area (Å²) in [6, 6.07) is 10.2. The number of anilines is 2. The summed E-state index contributed by atoms with van der Waals surface area (Å²) in [6.07, 6.45) is 0. The number of hydrogen-bond donors (Lipinski definition) is 2. The predicted octanol–water partition coefficient (Wildman–Crippen LogP) is 3.94. The molecule has 0 fully saturated rings. The lowest BCUT2D eigenvalue weighted by Crippen LogP contribution is -2.07. The Balaban J connectivity index is 2.08. The fourth-order valence-corrected chi connectivity index (χ4v) is 2.69. The Bertz CT molecular complexity index is 590. The quantitative estimate of drug-likeness (QED) is 0.886. The van der Waals surface area contributed by atoms with Crippen molar-refractivity contribution in [2.75, 3.05) is 10.6 Å². The zero-order valence-electron chi connectivity index (χ0n) is 11.4. The Morgan fingerprint density at radius 3 is 2.63 bits per heavy atom. The van der Waals surface area contributed by atoms with Crippen LogP contribution in [0.4, 0.5) is 11.4 Å². The first-order valence-corrected chi connectivity index (χ1v) is 7.03. The van der Waals surface area contributed by atoms with Crippen LogP contribution >= 0.6 is 11.3 Å². The Morgan fingerprint density at radius 1 is 1.21 bits per heavy atom. The van der Waals surface area contributed by atoms with Crippen LogP contribution < -0.4 is 10.6 Å². The standard InChI is InChI=1S/C15H18N2OS/c1-10-4-6-13(17-12(3)18)8-15(10)16-9-14-7-5-11(2)19-14/h4-8,16H,9H2,1-3H3,(H,17,18). The van der Waals surface area contributed by atoms with Crippen molar-refractivity contribution in [2.24, 2.45) is 0 Å². The second-order valence-corrected chi connectivity index (χ2v) is 5.95. The lowest BCUT2D eigenvalue weighted by atomic mass is 10.1. The minimum Gasteiger partial charge on any atom is -0.380 e. The second-order valence-electron chi connectivity index (χ2n) is 4.58. The number of rotatable bonds is 4. The Kier molecular flexibility index (Phi) is 4.22. The van der Waals surface area contributed by atoms with Gasteiger partial charge in [0, 0.05) is 34.6 Å². The molecule has 2 rings (SSSR count). The number of nitrogens with one attached hydrogen (secondary N) is 2. The molecule has 0 aliphatic carbocycles. The van der Waals surface area contributed by atoms with Gasteiger partial charge in [0.15, 0.2) is 0 Å². The summed E-state index contributed by atoms with van der Waals surface area (Å²) < 4.78 is 0. The molecule has 1 amide bonds. The van der Waals surface area contributed by atoms with Crippen molar-refractivity contribution in [2.45, 2.75) is 27.3 Å². The Labute approximate surface area is 117 Å². The maximum Gasteiger partial charge on any atom is 0.221 e. The van der Waals surface area contributed by atoms with E-state index in [1.165, 1.54) is 22.2 Å². The van der Waals surface area contributed by atoms with E-state index in [4.69, 9.17) is 0 Å². The summed E-state index contributed by atoms with van der Waals surface area (Å²) in [4.78, 5) is 13.7. The normalized spacial score (nSPS) is 10.3. The van der Waals surface area contributed by atoms with Gasteiger partial charge in [0.2, 0.25) is 5.91 Å². The highest BCUT2D eigenvalue weighted by Gasteiger charge is 2.03. The van der Waals surface area contributed by atoms with Gasteiger partial charge in [0.25, 0.3) is 0 Å². The van der Waals surface area contributed by atoms with Crippen molar-refractivity contribution in [3.63, 3.8) is 0 Å². The molecule has 3 nitrogen and oxygen atoms in total. The molecule has 19 heavy (non-hydrogen) atoms. The van der Waals surface area contributed by atoms with Crippen LogP contribution in [0.2, 0.25) is 0 Å². The largest absolute Gasteiger partial charge is 0.380 e. The van der Waals surface area contributed by atoms with E-state index in [2.05, 4.69) is 36.6 Å². The predicted molar refractivity (Wildman–Crippen MR) is 81.9 cm³/mol. The topological polar surface area (TPSA) is 41.1 Å². The number of benzene rings is 1. The summed E-state index contributed by atoms with van der Waals surface area (Å²) >= 11 is 1.80. The maximum atomic E-state index is 11.1. The molecule has 0 saturated carbocycles. The fraction of sp³-hybridized carbons (Fsp3) is 0.267. The van der Waals surface area contributed by atoms with Crippen LogP contribution in [-0.4, -0.2) is 5.91 Å². The number of carbonyl (C=O) groups is 1. The molecule has 0 spiro atoms. The molecule has 4 heteroatoms. The smallest absolute Gasteiger partial charge is 0.221 e. The van der Waals surface area contributed by atoms with Gasteiger partial charge in [0.05, 0.1) is 0 Å². The zero-order chi connectivity index (χ0) is 13.8. The van der Waals surface area contributed by atoms with Gasteiger partial charge in [-0.05, 0) is 43.7 Å². The molecule has 1 heterocycles. The molecule has 1 aromatic carbocycles. The molecule has 100 valence electrons. The number of hydrogen-bond acceptors (Lipinski definition) is 3. The van der Waals surface area contributed by atoms with Crippen LogP contribution in [0, 0.1) is 13.8 Å². The van der Waals surface area contributed by atoms with Crippen LogP contribution in [0.1, 0.15) is 22.2 Å². The average Bonchev–Trinajstić information content (AvgIpc) is 2.75. The van der Waals surface area contributed by atoms with E-state index in [0.717, 1.165) is 17.9 Å². The van der Waals surface area contributed by atoms with Crippen molar-refractivity contribution in [3.05, 3.63) is 45.6 Å². The summed E-state index contributed by atoms with van der Waals surface area (Å²) in [5.41, 5.74) is 3.04. The van der Waals surface area contributed by atoms with Gasteiger partial charge in [-0.25, -0.2) is 0 Å². The van der Waals surface area contributed by atoms with Crippen LogP contribution in [0.3, 0.4) is 0 Å². The summed E-state index contributed by atoms with van der Waals surface area (Å²) in [6.45, 7) is 6.49. The highest BCUT2D eigenvalue weighted by Crippen LogP contribution is 2.22. The molecular formula is C15H18N2OS. The van der Waals surface area contributed by atoms with Crippen molar-refractivity contribution in [1.82, 2.24) is 0 Å². The van der Waals surface area contributed by atoms with E-state index in [1.807, 2.05) is 18.2 Å². The minimum absolute atomic E-state index is 0.0521. The molecule has 0 aliphatic rings. The van der Waals surface area contributed by atoms with E-state index in [-0.39, 0.29) is 5.91 Å². The molecule has 0 aliphatic heterocycles. The summed E-state index contributed by atoms with van der Waals surface area (Å²) in [5.74, 6) is -0.0521. The Hall–Kier alpha value is -1.81. The summed E-state index contributed by atoms with van der Waals surface area (Å²) in [5, 5.41) is 6.21. The molecule has 2 aromatic rings. The van der Waals surface area contributed by atoms with Gasteiger partial charge >= 0.3 is 0 Å². The molecule has 0 bridgehead atoms. The third kappa shape index (κ3) is 3.83. The average molecular weight is 274 g/mol.